The van der Waals surface area contributed by atoms with Crippen LogP contribution in [0.15, 0.2) is 12.2 Å². The van der Waals surface area contributed by atoms with Crippen molar-refractivity contribution >= 4 is 11.9 Å². The van der Waals surface area contributed by atoms with Gasteiger partial charge in [0.15, 0.2) is 0 Å². The van der Waals surface area contributed by atoms with E-state index in [9.17, 15) is 9.59 Å². The number of nitrogens with zero attached hydrogens (tertiary/aromatic N) is 1. The van der Waals surface area contributed by atoms with Crippen molar-refractivity contribution in [2.24, 2.45) is 0 Å². The molecule has 1 amide bonds. The van der Waals surface area contributed by atoms with E-state index in [1.165, 1.54) is 4.90 Å². The first-order valence-electron chi connectivity index (χ1n) is 5.24. The molecule has 0 atom stereocenters. The van der Waals surface area contributed by atoms with Crippen molar-refractivity contribution in [3.05, 3.63) is 12.2 Å². The van der Waals surface area contributed by atoms with Crippen LogP contribution in [0.25, 0.3) is 0 Å². The summed E-state index contributed by atoms with van der Waals surface area (Å²) in [5.74, 6) is -0.344. The molecule has 16 heavy (non-hydrogen) atoms. The summed E-state index contributed by atoms with van der Waals surface area (Å²) in [5.41, 5.74) is 0.374. The molecule has 5 heteroatoms. The molecule has 0 fully saturated rings. The second-order valence-electron chi connectivity index (χ2n) is 3.54. The molecule has 0 aromatic rings. The van der Waals surface area contributed by atoms with Gasteiger partial charge in [-0.2, -0.15) is 0 Å². The van der Waals surface area contributed by atoms with Crippen molar-refractivity contribution in [2.45, 2.75) is 13.3 Å². The molecular weight excluding hydrogens is 208 g/mol. The van der Waals surface area contributed by atoms with Crippen LogP contribution in [-0.2, 0) is 14.3 Å². The molecule has 0 spiro atoms. The van der Waals surface area contributed by atoms with E-state index < -0.39 is 5.97 Å². The lowest BCUT2D eigenvalue weighted by Crippen LogP contribution is -2.28. The van der Waals surface area contributed by atoms with Gasteiger partial charge < -0.3 is 15.0 Å². The van der Waals surface area contributed by atoms with Gasteiger partial charge in [-0.25, -0.2) is 4.79 Å². The summed E-state index contributed by atoms with van der Waals surface area (Å²) in [5, 5.41) is 2.96. The van der Waals surface area contributed by atoms with Gasteiger partial charge in [0.2, 0.25) is 5.91 Å². The average Bonchev–Trinajstić information content (AvgIpc) is 2.23. The van der Waals surface area contributed by atoms with Gasteiger partial charge in [0, 0.05) is 39.2 Å². The molecule has 5 nitrogen and oxygen atoms in total. The zero-order chi connectivity index (χ0) is 12.6. The molecule has 0 radical (unpaired) electrons. The number of rotatable bonds is 7. The second-order valence-corrected chi connectivity index (χ2v) is 3.54. The van der Waals surface area contributed by atoms with E-state index in [2.05, 4.69) is 11.9 Å². The zero-order valence-electron chi connectivity index (χ0n) is 10.2. The number of carbonyl (C=O) groups excluding carboxylic acids is 2. The van der Waals surface area contributed by atoms with E-state index in [1.54, 1.807) is 21.0 Å². The maximum absolute atomic E-state index is 11.2. The third-order valence-corrected chi connectivity index (χ3v) is 1.92. The van der Waals surface area contributed by atoms with E-state index in [4.69, 9.17) is 4.74 Å². The lowest BCUT2D eigenvalue weighted by Gasteiger charge is -2.10. The molecule has 0 bridgehead atoms. The monoisotopic (exact) mass is 228 g/mol. The molecule has 0 aliphatic heterocycles. The fourth-order valence-corrected chi connectivity index (χ4v) is 0.964. The van der Waals surface area contributed by atoms with Crippen LogP contribution in [0.4, 0.5) is 0 Å². The molecule has 1 N–H and O–H groups in total. The molecule has 0 unspecified atom stereocenters. The zero-order valence-corrected chi connectivity index (χ0v) is 10.2. The standard InChI is InChI=1S/C11H20N2O3/c1-5-16-11(15)9(2)8-12-7-6-10(14)13(3)4/h12H,2,5-8H2,1,3-4H3. The first kappa shape index (κ1) is 14.6. The van der Waals surface area contributed by atoms with Crippen LogP contribution in [0.5, 0.6) is 0 Å². The van der Waals surface area contributed by atoms with Crippen molar-refractivity contribution in [3.8, 4) is 0 Å². The first-order chi connectivity index (χ1) is 7.49. The minimum Gasteiger partial charge on any atom is -0.463 e. The highest BCUT2D eigenvalue weighted by molar-refractivity contribution is 5.88. The quantitative estimate of drug-likeness (QED) is 0.383. The highest BCUT2D eigenvalue weighted by Gasteiger charge is 2.07. The molecule has 92 valence electrons. The van der Waals surface area contributed by atoms with Gasteiger partial charge in [-0.15, -0.1) is 0 Å². The summed E-state index contributed by atoms with van der Waals surface area (Å²) in [6.07, 6.45) is 0.406. The number of esters is 1. The summed E-state index contributed by atoms with van der Waals surface area (Å²) in [6, 6.07) is 0. The van der Waals surface area contributed by atoms with Crippen molar-refractivity contribution in [1.29, 1.82) is 0 Å². The third-order valence-electron chi connectivity index (χ3n) is 1.92. The normalized spacial score (nSPS) is 9.69. The minimum atomic E-state index is -0.395. The highest BCUT2D eigenvalue weighted by atomic mass is 16.5. The lowest BCUT2D eigenvalue weighted by atomic mass is 10.3. The van der Waals surface area contributed by atoms with Crippen LogP contribution in [-0.4, -0.2) is 50.6 Å². The predicted molar refractivity (Wildman–Crippen MR) is 62.0 cm³/mol. The molecule has 0 heterocycles. The van der Waals surface area contributed by atoms with Crippen LogP contribution in [0, 0.1) is 0 Å². The SMILES string of the molecule is C=C(CNCCC(=O)N(C)C)C(=O)OCC. The molecule has 0 aliphatic carbocycles. The number of carbonyl (C=O) groups is 2. The maximum atomic E-state index is 11.2. The topological polar surface area (TPSA) is 58.6 Å². The Morgan fingerprint density at radius 3 is 2.50 bits per heavy atom. The first-order valence-corrected chi connectivity index (χ1v) is 5.24. The van der Waals surface area contributed by atoms with Gasteiger partial charge in [0.25, 0.3) is 0 Å². The van der Waals surface area contributed by atoms with Crippen molar-refractivity contribution < 1.29 is 14.3 Å². The second kappa shape index (κ2) is 7.87. The van der Waals surface area contributed by atoms with Crippen molar-refractivity contribution in [1.82, 2.24) is 10.2 Å². The number of hydrogen-bond donors (Lipinski definition) is 1. The van der Waals surface area contributed by atoms with E-state index in [0.717, 1.165) is 0 Å². The van der Waals surface area contributed by atoms with Gasteiger partial charge in [0.1, 0.15) is 0 Å². The summed E-state index contributed by atoms with van der Waals surface area (Å²) in [7, 11) is 3.42. The van der Waals surface area contributed by atoms with Crippen LogP contribution >= 0.6 is 0 Å². The van der Waals surface area contributed by atoms with Gasteiger partial charge in [-0.3, -0.25) is 4.79 Å². The number of ether oxygens (including phenoxy) is 1. The van der Waals surface area contributed by atoms with E-state index in [0.29, 0.717) is 31.7 Å². The fourth-order valence-electron chi connectivity index (χ4n) is 0.964. The molecule has 0 aliphatic rings. The molecule has 0 saturated carbocycles. The van der Waals surface area contributed by atoms with Crippen LogP contribution < -0.4 is 5.32 Å². The van der Waals surface area contributed by atoms with Crippen LogP contribution in [0.2, 0.25) is 0 Å². The summed E-state index contributed by atoms with van der Waals surface area (Å²) < 4.78 is 4.77. The summed E-state index contributed by atoms with van der Waals surface area (Å²) in [6.45, 7) is 6.55. The maximum Gasteiger partial charge on any atom is 0.334 e. The lowest BCUT2D eigenvalue weighted by molar-refractivity contribution is -0.138. The minimum absolute atomic E-state index is 0.0502. The smallest absolute Gasteiger partial charge is 0.334 e. The Bertz CT molecular complexity index is 262. The Kier molecular flexibility index (Phi) is 7.20. The van der Waals surface area contributed by atoms with Gasteiger partial charge in [0.05, 0.1) is 6.61 Å². The highest BCUT2D eigenvalue weighted by Crippen LogP contribution is 1.93. The molecule has 0 rings (SSSR count). The van der Waals surface area contributed by atoms with Gasteiger partial charge in [-0.1, -0.05) is 6.58 Å². The van der Waals surface area contributed by atoms with E-state index in [-0.39, 0.29) is 5.91 Å². The fraction of sp³-hybridized carbons (Fsp3) is 0.636. The summed E-state index contributed by atoms with van der Waals surface area (Å²) in [4.78, 5) is 23.9. The Hall–Kier alpha value is -1.36. The Morgan fingerprint density at radius 2 is 2.00 bits per heavy atom. The van der Waals surface area contributed by atoms with Gasteiger partial charge >= 0.3 is 5.97 Å². The Morgan fingerprint density at radius 1 is 1.38 bits per heavy atom. The Balaban J connectivity index is 3.63. The van der Waals surface area contributed by atoms with Crippen LogP contribution in [0.1, 0.15) is 13.3 Å². The molecule has 0 aromatic heterocycles. The Labute approximate surface area is 96.4 Å². The molecular formula is C11H20N2O3. The number of amides is 1. The molecule has 0 aromatic carbocycles. The van der Waals surface area contributed by atoms with E-state index >= 15 is 0 Å². The van der Waals surface area contributed by atoms with Crippen molar-refractivity contribution in [3.63, 3.8) is 0 Å². The average molecular weight is 228 g/mol. The molecule has 0 saturated heterocycles. The van der Waals surface area contributed by atoms with Crippen molar-refractivity contribution in [2.75, 3.05) is 33.8 Å². The number of hydrogen-bond acceptors (Lipinski definition) is 4. The summed E-state index contributed by atoms with van der Waals surface area (Å²) >= 11 is 0. The largest absolute Gasteiger partial charge is 0.463 e. The van der Waals surface area contributed by atoms with Crippen LogP contribution in [0.3, 0.4) is 0 Å². The predicted octanol–water partition coefficient (Wildman–Crippen LogP) is 0.174. The third kappa shape index (κ3) is 6.19. The van der Waals surface area contributed by atoms with E-state index in [1.807, 2.05) is 0 Å². The van der Waals surface area contributed by atoms with Gasteiger partial charge in [-0.05, 0) is 6.92 Å². The number of nitrogens with one attached hydrogen (secondary N) is 1.